The van der Waals surface area contributed by atoms with E-state index in [0.717, 1.165) is 19.4 Å². The molecule has 1 aromatic carbocycles. The molecule has 0 saturated carbocycles. The van der Waals surface area contributed by atoms with E-state index in [-0.39, 0.29) is 4.90 Å². The third kappa shape index (κ3) is 5.21. The summed E-state index contributed by atoms with van der Waals surface area (Å²) in [6.07, 6.45) is 3.40. The van der Waals surface area contributed by atoms with Crippen molar-refractivity contribution in [3.8, 4) is 0 Å². The van der Waals surface area contributed by atoms with E-state index in [1.807, 2.05) is 0 Å². The number of sulfonamides is 1. The maximum atomic E-state index is 12.1. The normalized spacial score (nSPS) is 12.1. The van der Waals surface area contributed by atoms with Gasteiger partial charge in [-0.05, 0) is 30.5 Å². The van der Waals surface area contributed by atoms with Gasteiger partial charge in [-0.3, -0.25) is 0 Å². The van der Waals surface area contributed by atoms with E-state index >= 15 is 0 Å². The maximum absolute atomic E-state index is 12.1. The molecule has 0 fully saturated rings. The van der Waals surface area contributed by atoms with E-state index in [9.17, 15) is 8.42 Å². The maximum Gasteiger partial charge on any atom is 0.242 e. The molecule has 1 rings (SSSR count). The third-order valence-electron chi connectivity index (χ3n) is 3.33. The highest BCUT2D eigenvalue weighted by Crippen LogP contribution is 2.24. The van der Waals surface area contributed by atoms with Gasteiger partial charge in [-0.25, -0.2) is 12.7 Å². The largest absolute Gasteiger partial charge is 0.397 e. The van der Waals surface area contributed by atoms with Crippen molar-refractivity contribution in [2.45, 2.75) is 38.0 Å². The first-order valence-corrected chi connectivity index (χ1v) is 8.75. The van der Waals surface area contributed by atoms with Crippen LogP contribution in [0.2, 0.25) is 0 Å². The van der Waals surface area contributed by atoms with Gasteiger partial charge in [0.25, 0.3) is 0 Å². The number of unbranched alkanes of at least 4 members (excludes halogenated alkanes) is 1. The van der Waals surface area contributed by atoms with Crippen LogP contribution in [0.5, 0.6) is 0 Å². The SMILES string of the molecule is CC(C)CCCCNc1cc(S(=O)(=O)N(C)C)ccc1N. The Labute approximate surface area is 128 Å². The molecule has 0 aromatic heterocycles. The van der Waals surface area contributed by atoms with Crippen LogP contribution in [0, 0.1) is 5.92 Å². The zero-order valence-electron chi connectivity index (χ0n) is 13.4. The van der Waals surface area contributed by atoms with Gasteiger partial charge in [0.15, 0.2) is 0 Å². The Bertz CT molecular complexity index is 554. The van der Waals surface area contributed by atoms with Crippen molar-refractivity contribution in [3.05, 3.63) is 18.2 Å². The number of hydrogen-bond donors (Lipinski definition) is 2. The van der Waals surface area contributed by atoms with E-state index in [1.165, 1.54) is 30.9 Å². The molecule has 0 atom stereocenters. The zero-order valence-corrected chi connectivity index (χ0v) is 14.2. The second-order valence-electron chi connectivity index (χ2n) is 5.85. The van der Waals surface area contributed by atoms with Crippen LogP contribution < -0.4 is 11.1 Å². The monoisotopic (exact) mass is 313 g/mol. The molecule has 120 valence electrons. The van der Waals surface area contributed by atoms with Crippen molar-refractivity contribution in [2.24, 2.45) is 5.92 Å². The molecule has 1 aromatic rings. The molecule has 5 nitrogen and oxygen atoms in total. The van der Waals surface area contributed by atoms with E-state index in [4.69, 9.17) is 5.73 Å². The minimum atomic E-state index is -3.42. The Kier molecular flexibility index (Phi) is 6.48. The molecule has 0 heterocycles. The van der Waals surface area contributed by atoms with Crippen molar-refractivity contribution in [3.63, 3.8) is 0 Å². The third-order valence-corrected chi connectivity index (χ3v) is 5.14. The van der Waals surface area contributed by atoms with Crippen molar-refractivity contribution in [2.75, 3.05) is 31.7 Å². The standard InChI is InChI=1S/C15H27N3O2S/c1-12(2)7-5-6-10-17-15-11-13(8-9-14(15)16)21(19,20)18(3)4/h8-9,11-12,17H,5-7,10,16H2,1-4H3. The summed E-state index contributed by atoms with van der Waals surface area (Å²) in [7, 11) is -0.388. The summed E-state index contributed by atoms with van der Waals surface area (Å²) >= 11 is 0. The van der Waals surface area contributed by atoms with Crippen LogP contribution in [0.3, 0.4) is 0 Å². The Hall–Kier alpha value is -1.27. The van der Waals surface area contributed by atoms with Crippen molar-refractivity contribution in [1.82, 2.24) is 4.31 Å². The van der Waals surface area contributed by atoms with Gasteiger partial charge in [0.05, 0.1) is 16.3 Å². The predicted octanol–water partition coefficient (Wildman–Crippen LogP) is 2.76. The Balaban J connectivity index is 2.71. The second-order valence-corrected chi connectivity index (χ2v) is 8.00. The quantitative estimate of drug-likeness (QED) is 0.571. The van der Waals surface area contributed by atoms with Gasteiger partial charge >= 0.3 is 0 Å². The predicted molar refractivity (Wildman–Crippen MR) is 88.9 cm³/mol. The summed E-state index contributed by atoms with van der Waals surface area (Å²) in [6, 6.07) is 4.77. The van der Waals surface area contributed by atoms with Gasteiger partial charge in [-0.15, -0.1) is 0 Å². The summed E-state index contributed by atoms with van der Waals surface area (Å²) in [5.41, 5.74) is 7.15. The molecule has 0 amide bonds. The lowest BCUT2D eigenvalue weighted by Gasteiger charge is -2.15. The Morgan fingerprint density at radius 3 is 2.48 bits per heavy atom. The number of benzene rings is 1. The minimum Gasteiger partial charge on any atom is -0.397 e. The van der Waals surface area contributed by atoms with Gasteiger partial charge in [0.1, 0.15) is 0 Å². The summed E-state index contributed by atoms with van der Waals surface area (Å²) in [6.45, 7) is 5.21. The smallest absolute Gasteiger partial charge is 0.242 e. The van der Waals surface area contributed by atoms with Gasteiger partial charge in [0.2, 0.25) is 10.0 Å². The first kappa shape index (κ1) is 17.8. The van der Waals surface area contributed by atoms with Crippen LogP contribution in [0.1, 0.15) is 33.1 Å². The lowest BCUT2D eigenvalue weighted by Crippen LogP contribution is -2.22. The molecular weight excluding hydrogens is 286 g/mol. The van der Waals surface area contributed by atoms with E-state index in [0.29, 0.717) is 17.3 Å². The molecule has 0 aliphatic rings. The summed E-state index contributed by atoms with van der Waals surface area (Å²) in [4.78, 5) is 0.256. The molecule has 21 heavy (non-hydrogen) atoms. The number of anilines is 2. The summed E-state index contributed by atoms with van der Waals surface area (Å²) in [5.74, 6) is 0.712. The fourth-order valence-corrected chi connectivity index (χ4v) is 2.89. The number of nitrogens with two attached hydrogens (primary N) is 1. The molecule has 0 aliphatic heterocycles. The van der Waals surface area contributed by atoms with Gasteiger partial charge in [-0.1, -0.05) is 26.7 Å². The molecule has 3 N–H and O–H groups in total. The van der Waals surface area contributed by atoms with Crippen LogP contribution in [0.15, 0.2) is 23.1 Å². The zero-order chi connectivity index (χ0) is 16.0. The highest BCUT2D eigenvalue weighted by Gasteiger charge is 2.18. The molecule has 0 saturated heterocycles. The average Bonchev–Trinajstić information content (AvgIpc) is 2.39. The first-order chi connectivity index (χ1) is 9.75. The highest BCUT2D eigenvalue weighted by atomic mass is 32.2. The molecule has 0 aliphatic carbocycles. The lowest BCUT2D eigenvalue weighted by atomic mass is 10.1. The molecule has 0 bridgehead atoms. The Morgan fingerprint density at radius 1 is 1.24 bits per heavy atom. The molecular formula is C15H27N3O2S. The number of nitrogens with one attached hydrogen (secondary N) is 1. The molecule has 0 radical (unpaired) electrons. The number of nitrogen functional groups attached to an aromatic ring is 1. The van der Waals surface area contributed by atoms with Crippen LogP contribution in [0.4, 0.5) is 11.4 Å². The van der Waals surface area contributed by atoms with Crippen molar-refractivity contribution in [1.29, 1.82) is 0 Å². The van der Waals surface area contributed by atoms with Gasteiger partial charge < -0.3 is 11.1 Å². The van der Waals surface area contributed by atoms with Crippen LogP contribution >= 0.6 is 0 Å². The Morgan fingerprint density at radius 2 is 1.90 bits per heavy atom. The number of rotatable bonds is 8. The molecule has 0 unspecified atom stereocenters. The average molecular weight is 313 g/mol. The summed E-state index contributed by atoms with van der Waals surface area (Å²) in [5, 5.41) is 3.23. The van der Waals surface area contributed by atoms with Gasteiger partial charge in [-0.2, -0.15) is 0 Å². The van der Waals surface area contributed by atoms with Crippen molar-refractivity contribution < 1.29 is 8.42 Å². The van der Waals surface area contributed by atoms with E-state index in [2.05, 4.69) is 19.2 Å². The van der Waals surface area contributed by atoms with E-state index < -0.39 is 10.0 Å². The minimum absolute atomic E-state index is 0.256. The second kappa shape index (κ2) is 7.66. The fourth-order valence-electron chi connectivity index (χ4n) is 1.96. The van der Waals surface area contributed by atoms with Crippen LogP contribution in [-0.4, -0.2) is 33.4 Å². The van der Waals surface area contributed by atoms with Crippen molar-refractivity contribution >= 4 is 21.4 Å². The lowest BCUT2D eigenvalue weighted by molar-refractivity contribution is 0.521. The number of hydrogen-bond acceptors (Lipinski definition) is 4. The van der Waals surface area contributed by atoms with Crippen LogP contribution in [0.25, 0.3) is 0 Å². The van der Waals surface area contributed by atoms with Crippen LogP contribution in [-0.2, 0) is 10.0 Å². The number of nitrogens with zero attached hydrogens (tertiary/aromatic N) is 1. The topological polar surface area (TPSA) is 75.4 Å². The first-order valence-electron chi connectivity index (χ1n) is 7.31. The molecule has 6 heteroatoms. The highest BCUT2D eigenvalue weighted by molar-refractivity contribution is 7.89. The van der Waals surface area contributed by atoms with E-state index in [1.54, 1.807) is 12.1 Å². The van der Waals surface area contributed by atoms with Gasteiger partial charge in [0, 0.05) is 20.6 Å². The fraction of sp³-hybridized carbons (Fsp3) is 0.600. The molecule has 0 spiro atoms. The summed E-state index contributed by atoms with van der Waals surface area (Å²) < 4.78 is 25.4.